The minimum absolute atomic E-state index is 0.151. The number of amides is 2. The molecule has 2 saturated heterocycles. The number of carbonyl (C=O) groups excluding carboxylic acids is 2. The van der Waals surface area contributed by atoms with Crippen LogP contribution in [0.15, 0.2) is 24.3 Å². The van der Waals surface area contributed by atoms with Gasteiger partial charge >= 0.3 is 0 Å². The molecule has 0 bridgehead atoms. The lowest BCUT2D eigenvalue weighted by Crippen LogP contribution is -2.48. The van der Waals surface area contributed by atoms with E-state index in [-0.39, 0.29) is 17.7 Å². The van der Waals surface area contributed by atoms with Gasteiger partial charge in [0, 0.05) is 44.8 Å². The van der Waals surface area contributed by atoms with Crippen molar-refractivity contribution in [1.29, 1.82) is 0 Å². The minimum atomic E-state index is -0.199. The Labute approximate surface area is 162 Å². The lowest BCUT2D eigenvalue weighted by Gasteiger charge is -2.38. The lowest BCUT2D eigenvalue weighted by molar-refractivity contribution is -0.134. The second kappa shape index (κ2) is 8.42. The summed E-state index contributed by atoms with van der Waals surface area (Å²) in [4.78, 5) is 28.6. The molecule has 4 rings (SSSR count). The predicted octanol–water partition coefficient (Wildman–Crippen LogP) is 2.91. The SMILES string of the molecule is O=C1CCC(c2cccc(N3CCN(CC4CCCCC4)CC3)c2)C(=O)N1. The van der Waals surface area contributed by atoms with E-state index in [9.17, 15) is 9.59 Å². The van der Waals surface area contributed by atoms with Gasteiger partial charge in [-0.05, 0) is 42.9 Å². The zero-order valence-corrected chi connectivity index (χ0v) is 16.2. The summed E-state index contributed by atoms with van der Waals surface area (Å²) in [6, 6.07) is 8.36. The molecule has 2 amide bonds. The van der Waals surface area contributed by atoms with Crippen molar-refractivity contribution in [3.05, 3.63) is 29.8 Å². The maximum absolute atomic E-state index is 12.2. The molecule has 1 N–H and O–H groups in total. The van der Waals surface area contributed by atoms with Gasteiger partial charge in [0.25, 0.3) is 0 Å². The van der Waals surface area contributed by atoms with Gasteiger partial charge in [-0.1, -0.05) is 31.4 Å². The van der Waals surface area contributed by atoms with Crippen LogP contribution in [0, 0.1) is 5.92 Å². The van der Waals surface area contributed by atoms with E-state index in [4.69, 9.17) is 0 Å². The fraction of sp³-hybridized carbons (Fsp3) is 0.636. The van der Waals surface area contributed by atoms with Crippen LogP contribution in [0.3, 0.4) is 0 Å². The maximum atomic E-state index is 12.2. The van der Waals surface area contributed by atoms with Gasteiger partial charge in [0.05, 0.1) is 5.92 Å². The van der Waals surface area contributed by atoms with Crippen LogP contribution in [0.4, 0.5) is 5.69 Å². The number of nitrogens with zero attached hydrogens (tertiary/aromatic N) is 2. The zero-order valence-electron chi connectivity index (χ0n) is 16.2. The highest BCUT2D eigenvalue weighted by atomic mass is 16.2. The number of nitrogens with one attached hydrogen (secondary N) is 1. The van der Waals surface area contributed by atoms with Gasteiger partial charge in [-0.25, -0.2) is 0 Å². The summed E-state index contributed by atoms with van der Waals surface area (Å²) in [5.41, 5.74) is 2.23. The van der Waals surface area contributed by atoms with Crippen LogP contribution < -0.4 is 10.2 Å². The number of anilines is 1. The Morgan fingerprint density at radius 3 is 2.48 bits per heavy atom. The number of hydrogen-bond acceptors (Lipinski definition) is 4. The van der Waals surface area contributed by atoms with Gasteiger partial charge in [-0.15, -0.1) is 0 Å². The number of benzene rings is 1. The average Bonchev–Trinajstić information content (AvgIpc) is 2.69. The Bertz CT molecular complexity index is 676. The quantitative estimate of drug-likeness (QED) is 0.829. The van der Waals surface area contributed by atoms with Crippen molar-refractivity contribution in [2.75, 3.05) is 37.6 Å². The lowest BCUT2D eigenvalue weighted by atomic mass is 9.89. The highest BCUT2D eigenvalue weighted by molar-refractivity contribution is 6.01. The van der Waals surface area contributed by atoms with Crippen LogP contribution in [0.1, 0.15) is 56.4 Å². The molecule has 0 radical (unpaired) electrons. The average molecular weight is 370 g/mol. The van der Waals surface area contributed by atoms with E-state index < -0.39 is 0 Å². The fourth-order valence-electron chi connectivity index (χ4n) is 4.87. The van der Waals surface area contributed by atoms with Crippen LogP contribution in [0.2, 0.25) is 0 Å². The van der Waals surface area contributed by atoms with Crippen LogP contribution in [0.25, 0.3) is 0 Å². The molecule has 1 unspecified atom stereocenters. The third-order valence-corrected chi connectivity index (χ3v) is 6.49. The molecule has 3 aliphatic rings. The van der Waals surface area contributed by atoms with Crippen molar-refractivity contribution in [3.63, 3.8) is 0 Å². The molecule has 0 aromatic heterocycles. The van der Waals surface area contributed by atoms with Crippen molar-refractivity contribution >= 4 is 17.5 Å². The molecular weight excluding hydrogens is 338 g/mol. The monoisotopic (exact) mass is 369 g/mol. The third-order valence-electron chi connectivity index (χ3n) is 6.49. The Morgan fingerprint density at radius 2 is 1.74 bits per heavy atom. The first-order valence-corrected chi connectivity index (χ1v) is 10.6. The number of rotatable bonds is 4. The topological polar surface area (TPSA) is 52.7 Å². The first kappa shape index (κ1) is 18.5. The summed E-state index contributed by atoms with van der Waals surface area (Å²) in [5, 5.41) is 2.47. The van der Waals surface area contributed by atoms with Crippen molar-refractivity contribution in [3.8, 4) is 0 Å². The molecule has 2 aliphatic heterocycles. The maximum Gasteiger partial charge on any atom is 0.234 e. The van der Waals surface area contributed by atoms with Gasteiger partial charge in [0.1, 0.15) is 0 Å². The fourth-order valence-corrected chi connectivity index (χ4v) is 4.87. The standard InChI is InChI=1S/C22H31N3O2/c26-21-10-9-20(22(27)23-21)18-7-4-8-19(15-18)25-13-11-24(12-14-25)16-17-5-2-1-3-6-17/h4,7-8,15,17,20H,1-3,5-6,9-14,16H2,(H,23,26,27). The summed E-state index contributed by atoms with van der Waals surface area (Å²) in [7, 11) is 0. The number of piperazine rings is 1. The van der Waals surface area contributed by atoms with Gasteiger partial charge in [0.2, 0.25) is 11.8 Å². The van der Waals surface area contributed by atoms with Gasteiger partial charge < -0.3 is 4.90 Å². The normalized spacial score (nSPS) is 25.5. The molecule has 1 saturated carbocycles. The van der Waals surface area contributed by atoms with E-state index in [2.05, 4.69) is 27.2 Å². The smallest absolute Gasteiger partial charge is 0.234 e. The first-order valence-electron chi connectivity index (χ1n) is 10.6. The van der Waals surface area contributed by atoms with Crippen LogP contribution in [0.5, 0.6) is 0 Å². The second-order valence-electron chi connectivity index (χ2n) is 8.39. The third kappa shape index (κ3) is 4.52. The highest BCUT2D eigenvalue weighted by Crippen LogP contribution is 2.29. The van der Waals surface area contributed by atoms with Crippen molar-refractivity contribution < 1.29 is 9.59 Å². The molecule has 0 spiro atoms. The Balaban J connectivity index is 1.34. The molecular formula is C22H31N3O2. The Morgan fingerprint density at radius 1 is 0.963 bits per heavy atom. The van der Waals surface area contributed by atoms with Gasteiger partial charge in [0.15, 0.2) is 0 Å². The summed E-state index contributed by atoms with van der Waals surface area (Å²) in [5.74, 6) is 0.401. The molecule has 1 aromatic carbocycles. The molecule has 5 nitrogen and oxygen atoms in total. The molecule has 146 valence electrons. The number of carbonyl (C=O) groups is 2. The summed E-state index contributed by atoms with van der Waals surface area (Å²) in [6.45, 7) is 5.61. The van der Waals surface area contributed by atoms with Gasteiger partial charge in [-0.2, -0.15) is 0 Å². The number of imide groups is 1. The van der Waals surface area contributed by atoms with E-state index in [0.717, 1.165) is 37.7 Å². The molecule has 1 atom stereocenters. The predicted molar refractivity (Wildman–Crippen MR) is 107 cm³/mol. The molecule has 1 aliphatic carbocycles. The van der Waals surface area contributed by atoms with Crippen molar-refractivity contribution in [2.24, 2.45) is 5.92 Å². The second-order valence-corrected chi connectivity index (χ2v) is 8.39. The van der Waals surface area contributed by atoms with E-state index in [1.54, 1.807) is 0 Å². The van der Waals surface area contributed by atoms with E-state index in [0.29, 0.717) is 12.8 Å². The summed E-state index contributed by atoms with van der Waals surface area (Å²) < 4.78 is 0. The molecule has 3 fully saturated rings. The van der Waals surface area contributed by atoms with E-state index in [1.807, 2.05) is 12.1 Å². The summed E-state index contributed by atoms with van der Waals surface area (Å²) >= 11 is 0. The zero-order chi connectivity index (χ0) is 18.6. The molecule has 5 heteroatoms. The van der Waals surface area contributed by atoms with E-state index in [1.165, 1.54) is 44.3 Å². The molecule has 2 heterocycles. The largest absolute Gasteiger partial charge is 0.369 e. The van der Waals surface area contributed by atoms with Crippen LogP contribution in [-0.4, -0.2) is 49.4 Å². The minimum Gasteiger partial charge on any atom is -0.369 e. The Kier molecular flexibility index (Phi) is 5.77. The van der Waals surface area contributed by atoms with Gasteiger partial charge in [-0.3, -0.25) is 19.8 Å². The first-order chi connectivity index (χ1) is 13.2. The van der Waals surface area contributed by atoms with Crippen molar-refractivity contribution in [1.82, 2.24) is 10.2 Å². The van der Waals surface area contributed by atoms with Crippen LogP contribution >= 0.6 is 0 Å². The number of hydrogen-bond donors (Lipinski definition) is 1. The Hall–Kier alpha value is -1.88. The molecule has 1 aromatic rings. The molecule has 27 heavy (non-hydrogen) atoms. The van der Waals surface area contributed by atoms with Crippen molar-refractivity contribution in [2.45, 2.75) is 50.9 Å². The van der Waals surface area contributed by atoms with Crippen LogP contribution in [-0.2, 0) is 9.59 Å². The summed E-state index contributed by atoms with van der Waals surface area (Å²) in [6.07, 6.45) is 8.12. The van der Waals surface area contributed by atoms with E-state index >= 15 is 0 Å². The highest BCUT2D eigenvalue weighted by Gasteiger charge is 2.28. The number of piperidine rings is 1.